The number of aryl methyl sites for hydroxylation is 2. The molecule has 2 aromatic rings. The molecule has 12 heteroatoms. The minimum atomic E-state index is -4.63. The average molecular weight is 583 g/mol. The van der Waals surface area contributed by atoms with E-state index in [0.717, 1.165) is 28.3 Å². The molecule has 0 radical (unpaired) electrons. The molecule has 3 aliphatic rings. The Morgan fingerprint density at radius 3 is 2.48 bits per heavy atom. The third kappa shape index (κ3) is 5.53. The van der Waals surface area contributed by atoms with Gasteiger partial charge in [0.2, 0.25) is 11.8 Å². The predicted octanol–water partition coefficient (Wildman–Crippen LogP) is 2.70. The molecule has 0 spiro atoms. The van der Waals surface area contributed by atoms with Crippen molar-refractivity contribution in [2.24, 2.45) is 5.92 Å². The van der Waals surface area contributed by atoms with E-state index in [9.17, 15) is 27.6 Å². The Hall–Kier alpha value is -4.11. The highest BCUT2D eigenvalue weighted by Crippen LogP contribution is 2.41. The number of hydrogen-bond donors (Lipinski definition) is 0. The zero-order valence-electron chi connectivity index (χ0n) is 23.8. The molecular weight excluding hydrogens is 549 g/mol. The number of likely N-dealkylation sites (N-methyl/N-ethyl adjacent to an activating group) is 1. The standard InChI is InChI=1S/C30H33F3N6O3/c1-5-25(40)37-12-9-36(10-13-37)11-14-38-18-21-16-26(41)39(24-17-22(30(31,32)33)15-20(3)34-24)28(21)29(42)35(4)23-8-6-7-19(2)27(23)38/h1,6-8,15,17,21,28H,9-14,16,18H2,2-4H3/t21-,28+/m1/s1. The molecule has 0 aliphatic carbocycles. The SMILES string of the molecule is C#CC(=O)N1CCN(CCN2C[C@H]3CC(=O)N(c4cc(C(F)(F)F)cc(C)n4)[C@@H]3C(=O)N(C)c3cccc(C)c32)CC1. The first-order valence-electron chi connectivity index (χ1n) is 13.9. The van der Waals surface area contributed by atoms with E-state index in [-0.39, 0.29) is 29.7 Å². The molecule has 2 atom stereocenters. The lowest BCUT2D eigenvalue weighted by Crippen LogP contribution is -2.54. The number of para-hydroxylation sites is 1. The summed E-state index contributed by atoms with van der Waals surface area (Å²) in [5.74, 6) is 0.398. The average Bonchev–Trinajstić information content (AvgIpc) is 3.28. The zero-order valence-corrected chi connectivity index (χ0v) is 23.8. The summed E-state index contributed by atoms with van der Waals surface area (Å²) in [6.45, 7) is 7.42. The van der Waals surface area contributed by atoms with Crippen molar-refractivity contribution in [2.75, 3.05) is 67.6 Å². The fourth-order valence-electron chi connectivity index (χ4n) is 6.23. The fraction of sp³-hybridized carbons (Fsp3) is 0.467. The maximum Gasteiger partial charge on any atom is 0.416 e. The molecule has 42 heavy (non-hydrogen) atoms. The van der Waals surface area contributed by atoms with Gasteiger partial charge in [-0.3, -0.25) is 24.2 Å². The summed E-state index contributed by atoms with van der Waals surface area (Å²) >= 11 is 0. The first-order chi connectivity index (χ1) is 19.9. The maximum atomic E-state index is 14.0. The topological polar surface area (TPSA) is 80.3 Å². The van der Waals surface area contributed by atoms with Crippen molar-refractivity contribution in [1.29, 1.82) is 0 Å². The van der Waals surface area contributed by atoms with E-state index in [4.69, 9.17) is 6.42 Å². The Labute approximate surface area is 242 Å². The lowest BCUT2D eigenvalue weighted by Gasteiger charge is -2.41. The van der Waals surface area contributed by atoms with Crippen LogP contribution in [-0.4, -0.2) is 91.4 Å². The minimum absolute atomic E-state index is 0.00576. The van der Waals surface area contributed by atoms with Crippen molar-refractivity contribution in [3.05, 3.63) is 47.2 Å². The number of nitrogens with zero attached hydrogens (tertiary/aromatic N) is 6. The minimum Gasteiger partial charge on any atom is -0.368 e. The van der Waals surface area contributed by atoms with Crippen LogP contribution in [0.5, 0.6) is 0 Å². The predicted molar refractivity (Wildman–Crippen MR) is 152 cm³/mol. The summed E-state index contributed by atoms with van der Waals surface area (Å²) in [7, 11) is 1.63. The van der Waals surface area contributed by atoms with Gasteiger partial charge >= 0.3 is 6.18 Å². The van der Waals surface area contributed by atoms with Crippen molar-refractivity contribution < 1.29 is 27.6 Å². The smallest absolute Gasteiger partial charge is 0.368 e. The molecule has 0 bridgehead atoms. The van der Waals surface area contributed by atoms with Crippen LogP contribution in [0.3, 0.4) is 0 Å². The largest absolute Gasteiger partial charge is 0.416 e. The molecule has 2 fully saturated rings. The van der Waals surface area contributed by atoms with Gasteiger partial charge in [-0.15, -0.1) is 6.42 Å². The fourth-order valence-corrected chi connectivity index (χ4v) is 6.23. The number of rotatable bonds is 4. The van der Waals surface area contributed by atoms with E-state index in [0.29, 0.717) is 51.5 Å². The van der Waals surface area contributed by atoms with E-state index in [1.807, 2.05) is 25.1 Å². The van der Waals surface area contributed by atoms with Crippen LogP contribution in [-0.2, 0) is 20.6 Å². The molecular formula is C30H33F3N6O3. The Bertz CT molecular complexity index is 1450. The number of terminal acetylenes is 1. The quantitative estimate of drug-likeness (QED) is 0.516. The second-order valence-electron chi connectivity index (χ2n) is 11.1. The van der Waals surface area contributed by atoms with Crippen LogP contribution in [0.15, 0.2) is 30.3 Å². The van der Waals surface area contributed by atoms with Crippen LogP contribution < -0.4 is 14.7 Å². The number of hydrogen-bond acceptors (Lipinski definition) is 6. The lowest BCUT2D eigenvalue weighted by atomic mass is 9.95. The number of halogens is 3. The van der Waals surface area contributed by atoms with E-state index in [2.05, 4.69) is 20.7 Å². The molecule has 4 heterocycles. The van der Waals surface area contributed by atoms with Gasteiger partial charge in [-0.05, 0) is 43.5 Å². The van der Waals surface area contributed by atoms with Crippen molar-refractivity contribution in [3.63, 3.8) is 0 Å². The number of pyridine rings is 1. The van der Waals surface area contributed by atoms with Gasteiger partial charge in [0.1, 0.15) is 11.9 Å². The molecule has 222 valence electrons. The number of anilines is 3. The summed E-state index contributed by atoms with van der Waals surface area (Å²) in [4.78, 5) is 52.2. The second-order valence-corrected chi connectivity index (χ2v) is 11.1. The van der Waals surface area contributed by atoms with Crippen molar-refractivity contribution in [1.82, 2.24) is 14.8 Å². The number of amides is 3. The number of piperazine rings is 1. The van der Waals surface area contributed by atoms with Crippen LogP contribution in [0.2, 0.25) is 0 Å². The van der Waals surface area contributed by atoms with Crippen LogP contribution >= 0.6 is 0 Å². The Morgan fingerprint density at radius 2 is 1.81 bits per heavy atom. The molecule has 3 amide bonds. The monoisotopic (exact) mass is 582 g/mol. The molecule has 0 unspecified atom stereocenters. The number of carbonyl (C=O) groups is 3. The normalized spacial score (nSPS) is 21.5. The number of fused-ring (bicyclic) bond motifs is 2. The van der Waals surface area contributed by atoms with Crippen molar-refractivity contribution >= 4 is 34.9 Å². The third-order valence-electron chi connectivity index (χ3n) is 8.35. The van der Waals surface area contributed by atoms with Gasteiger partial charge in [0, 0.05) is 70.9 Å². The van der Waals surface area contributed by atoms with E-state index in [1.165, 1.54) is 11.8 Å². The molecule has 2 saturated heterocycles. The summed E-state index contributed by atoms with van der Waals surface area (Å²) < 4.78 is 40.9. The Kier molecular flexibility index (Phi) is 7.90. The van der Waals surface area contributed by atoms with Gasteiger partial charge in [-0.25, -0.2) is 4.98 Å². The number of aromatic nitrogens is 1. The van der Waals surface area contributed by atoms with E-state index < -0.39 is 29.6 Å². The number of carbonyl (C=O) groups excluding carboxylic acids is 3. The van der Waals surface area contributed by atoms with E-state index >= 15 is 0 Å². The Morgan fingerprint density at radius 1 is 1.10 bits per heavy atom. The molecule has 0 saturated carbocycles. The lowest BCUT2D eigenvalue weighted by molar-refractivity contribution is -0.137. The summed E-state index contributed by atoms with van der Waals surface area (Å²) in [6.07, 6.45) is 0.644. The Balaban J connectivity index is 1.46. The molecule has 1 aromatic carbocycles. The molecule has 0 N–H and O–H groups in total. The third-order valence-corrected chi connectivity index (χ3v) is 8.35. The van der Waals surface area contributed by atoms with Crippen LogP contribution in [0, 0.1) is 32.1 Å². The van der Waals surface area contributed by atoms with Crippen LogP contribution in [0.1, 0.15) is 23.2 Å². The van der Waals surface area contributed by atoms with Gasteiger partial charge in [0.25, 0.3) is 5.91 Å². The summed E-state index contributed by atoms with van der Waals surface area (Å²) in [5.41, 5.74) is 1.70. The molecule has 5 rings (SSSR count). The first-order valence-corrected chi connectivity index (χ1v) is 13.9. The molecule has 9 nitrogen and oxygen atoms in total. The highest BCUT2D eigenvalue weighted by atomic mass is 19.4. The number of benzene rings is 1. The highest BCUT2D eigenvalue weighted by molar-refractivity contribution is 6.10. The number of alkyl halides is 3. The molecule has 1 aromatic heterocycles. The van der Waals surface area contributed by atoms with E-state index in [1.54, 1.807) is 11.9 Å². The van der Waals surface area contributed by atoms with Gasteiger partial charge in [-0.2, -0.15) is 13.2 Å². The summed E-state index contributed by atoms with van der Waals surface area (Å²) in [6, 6.07) is 6.43. The van der Waals surface area contributed by atoms with Crippen LogP contribution in [0.4, 0.5) is 30.4 Å². The summed E-state index contributed by atoms with van der Waals surface area (Å²) in [5, 5.41) is 0. The second kappa shape index (κ2) is 11.3. The molecule has 3 aliphatic heterocycles. The van der Waals surface area contributed by atoms with Crippen molar-refractivity contribution in [3.8, 4) is 12.3 Å². The first kappa shape index (κ1) is 29.4. The van der Waals surface area contributed by atoms with Gasteiger partial charge in [-0.1, -0.05) is 12.1 Å². The maximum absolute atomic E-state index is 14.0. The zero-order chi connectivity index (χ0) is 30.3. The highest BCUT2D eigenvalue weighted by Gasteiger charge is 2.49. The van der Waals surface area contributed by atoms with Gasteiger partial charge < -0.3 is 14.7 Å². The van der Waals surface area contributed by atoms with Crippen molar-refractivity contribution in [2.45, 2.75) is 32.5 Å². The van der Waals surface area contributed by atoms with Crippen LogP contribution in [0.25, 0.3) is 0 Å². The van der Waals surface area contributed by atoms with Gasteiger partial charge in [0.05, 0.1) is 16.9 Å². The van der Waals surface area contributed by atoms with Gasteiger partial charge in [0.15, 0.2) is 0 Å².